The van der Waals surface area contributed by atoms with Gasteiger partial charge >= 0.3 is 20.8 Å². The highest BCUT2D eigenvalue weighted by Gasteiger charge is 2.39. The summed E-state index contributed by atoms with van der Waals surface area (Å²) in [5, 5.41) is 0.468. The SMILES string of the molecule is O=S1(=O)ON2CCN(O1)OS(=O)(=O)O2. The molecule has 0 aliphatic carbocycles. The quantitative estimate of drug-likeness (QED) is 0.469. The van der Waals surface area contributed by atoms with E-state index in [-0.39, 0.29) is 23.5 Å². The fraction of sp³-hybridized carbons (Fsp3) is 1.00. The zero-order valence-electron chi connectivity index (χ0n) is 6.39. The van der Waals surface area contributed by atoms with Crippen LogP contribution in [0.25, 0.3) is 0 Å². The fourth-order valence-corrected chi connectivity index (χ4v) is 2.14. The van der Waals surface area contributed by atoms with E-state index < -0.39 is 20.8 Å². The van der Waals surface area contributed by atoms with Crippen molar-refractivity contribution in [3.05, 3.63) is 0 Å². The van der Waals surface area contributed by atoms with E-state index in [0.29, 0.717) is 0 Å². The van der Waals surface area contributed by atoms with Crippen LogP contribution >= 0.6 is 0 Å². The molecule has 2 aliphatic heterocycles. The predicted molar refractivity (Wildman–Crippen MR) is 35.6 cm³/mol. The minimum atomic E-state index is -4.39. The molecule has 2 aliphatic rings. The Morgan fingerprint density at radius 2 is 1.00 bits per heavy atom. The summed E-state index contributed by atoms with van der Waals surface area (Å²) in [6.45, 7) is -0.364. The maximum Gasteiger partial charge on any atom is 0.436 e. The molecular weight excluding hydrogens is 244 g/mol. The van der Waals surface area contributed by atoms with Crippen molar-refractivity contribution in [2.45, 2.75) is 0 Å². The third kappa shape index (κ3) is 2.18. The standard InChI is InChI=1S/C2H4N2O8S2/c5-13(6)9-3-1-2-4(11-13)12-14(7,8)10-3/h1-2H2. The number of hydrogen-bond donors (Lipinski definition) is 0. The van der Waals surface area contributed by atoms with Crippen molar-refractivity contribution in [2.75, 3.05) is 13.1 Å². The first-order chi connectivity index (χ1) is 6.36. The lowest BCUT2D eigenvalue weighted by Crippen LogP contribution is -2.33. The van der Waals surface area contributed by atoms with Crippen LogP contribution in [0.2, 0.25) is 0 Å². The van der Waals surface area contributed by atoms with Crippen molar-refractivity contribution in [3.63, 3.8) is 0 Å². The van der Waals surface area contributed by atoms with Gasteiger partial charge in [0.1, 0.15) is 0 Å². The first-order valence-corrected chi connectivity index (χ1v) is 5.86. The second-order valence-corrected chi connectivity index (χ2v) is 4.46. The smallest absolute Gasteiger partial charge is 0.166 e. The topological polar surface area (TPSA) is 112 Å². The van der Waals surface area contributed by atoms with Crippen molar-refractivity contribution in [2.24, 2.45) is 0 Å². The summed E-state index contributed by atoms with van der Waals surface area (Å²) in [7, 11) is -8.78. The van der Waals surface area contributed by atoms with Gasteiger partial charge in [0, 0.05) is 0 Å². The summed E-state index contributed by atoms with van der Waals surface area (Å²) in [5.74, 6) is 0. The van der Waals surface area contributed by atoms with E-state index in [1.165, 1.54) is 0 Å². The van der Waals surface area contributed by atoms with Crippen LogP contribution < -0.4 is 0 Å². The van der Waals surface area contributed by atoms with E-state index in [1.54, 1.807) is 0 Å². The molecule has 0 saturated carbocycles. The molecule has 12 heteroatoms. The Bertz CT molecular complexity index is 358. The van der Waals surface area contributed by atoms with Crippen LogP contribution in [0.3, 0.4) is 0 Å². The molecule has 2 bridgehead atoms. The zero-order chi connectivity index (χ0) is 10.4. The summed E-state index contributed by atoms with van der Waals surface area (Å²) in [4.78, 5) is 0. The third-order valence-corrected chi connectivity index (χ3v) is 2.56. The van der Waals surface area contributed by atoms with Crippen molar-refractivity contribution >= 4 is 20.8 Å². The molecule has 0 aromatic heterocycles. The van der Waals surface area contributed by atoms with Crippen molar-refractivity contribution in [1.29, 1.82) is 0 Å². The number of hydroxylamine groups is 4. The first-order valence-electron chi connectivity index (χ1n) is 3.20. The van der Waals surface area contributed by atoms with E-state index in [4.69, 9.17) is 0 Å². The Balaban J connectivity index is 2.36. The highest BCUT2D eigenvalue weighted by Crippen LogP contribution is 2.19. The van der Waals surface area contributed by atoms with Gasteiger partial charge < -0.3 is 0 Å². The van der Waals surface area contributed by atoms with Crippen LogP contribution in [0.15, 0.2) is 0 Å². The van der Waals surface area contributed by atoms with E-state index in [1.807, 2.05) is 0 Å². The second-order valence-electron chi connectivity index (χ2n) is 2.23. The minimum absolute atomic E-state index is 0.182. The molecule has 0 unspecified atom stereocenters. The van der Waals surface area contributed by atoms with Gasteiger partial charge in [0.2, 0.25) is 0 Å². The molecule has 2 heterocycles. The van der Waals surface area contributed by atoms with E-state index >= 15 is 0 Å². The average Bonchev–Trinajstić information content (AvgIpc) is 2.12. The van der Waals surface area contributed by atoms with Gasteiger partial charge in [-0.05, 0) is 10.5 Å². The summed E-state index contributed by atoms with van der Waals surface area (Å²) in [6.07, 6.45) is 0. The number of hydrogen-bond acceptors (Lipinski definition) is 10. The summed E-state index contributed by atoms with van der Waals surface area (Å²) >= 11 is 0. The molecule has 0 N–H and O–H groups in total. The lowest BCUT2D eigenvalue weighted by Gasteiger charge is -2.17. The van der Waals surface area contributed by atoms with Crippen molar-refractivity contribution in [1.82, 2.24) is 10.5 Å². The molecule has 2 saturated heterocycles. The fourth-order valence-electron chi connectivity index (χ4n) is 0.772. The predicted octanol–water partition coefficient (Wildman–Crippen LogP) is -2.17. The summed E-state index contributed by atoms with van der Waals surface area (Å²) < 4.78 is 59.5. The highest BCUT2D eigenvalue weighted by atomic mass is 32.3. The Labute approximate surface area is 79.0 Å². The van der Waals surface area contributed by atoms with Gasteiger partial charge in [-0.2, -0.15) is 16.8 Å². The van der Waals surface area contributed by atoms with Crippen LogP contribution in [0.1, 0.15) is 0 Å². The molecule has 0 atom stereocenters. The number of rotatable bonds is 0. The van der Waals surface area contributed by atoms with Gasteiger partial charge in [0.15, 0.2) is 0 Å². The highest BCUT2D eigenvalue weighted by molar-refractivity contribution is 7.82. The van der Waals surface area contributed by atoms with Gasteiger partial charge in [-0.25, -0.2) is 0 Å². The molecule has 2 fully saturated rings. The first kappa shape index (κ1) is 10.2. The molecule has 10 nitrogen and oxygen atoms in total. The monoisotopic (exact) mass is 248 g/mol. The van der Waals surface area contributed by atoms with Crippen molar-refractivity contribution < 1.29 is 34.0 Å². The largest absolute Gasteiger partial charge is 0.436 e. The Morgan fingerprint density at radius 3 is 1.29 bits per heavy atom. The molecular formula is C2H4N2O8S2. The van der Waals surface area contributed by atoms with Gasteiger partial charge in [-0.15, -0.1) is 17.1 Å². The molecule has 0 spiro atoms. The van der Waals surface area contributed by atoms with Gasteiger partial charge in [0.05, 0.1) is 13.1 Å². The molecule has 14 heavy (non-hydrogen) atoms. The zero-order valence-corrected chi connectivity index (χ0v) is 8.02. The lowest BCUT2D eigenvalue weighted by molar-refractivity contribution is -0.280. The average molecular weight is 248 g/mol. The minimum Gasteiger partial charge on any atom is -0.166 e. The lowest BCUT2D eigenvalue weighted by atomic mass is 10.7. The Kier molecular flexibility index (Phi) is 2.24. The second kappa shape index (κ2) is 3.07. The molecule has 2 rings (SSSR count). The number of fused-ring (bicyclic) bond motifs is 3. The summed E-state index contributed by atoms with van der Waals surface area (Å²) in [5.41, 5.74) is 0. The maximum absolute atomic E-state index is 10.8. The van der Waals surface area contributed by atoms with Crippen molar-refractivity contribution in [3.8, 4) is 0 Å². The molecule has 0 radical (unpaired) electrons. The van der Waals surface area contributed by atoms with E-state index in [9.17, 15) is 16.8 Å². The van der Waals surface area contributed by atoms with E-state index in [2.05, 4.69) is 17.1 Å². The number of nitrogens with zero attached hydrogens (tertiary/aromatic N) is 2. The Hall–Kier alpha value is -0.340. The van der Waals surface area contributed by atoms with Gasteiger partial charge in [0.25, 0.3) is 0 Å². The van der Waals surface area contributed by atoms with Crippen LogP contribution in [0.4, 0.5) is 0 Å². The molecule has 0 aromatic rings. The normalized spacial score (nSPS) is 40.0. The third-order valence-electron chi connectivity index (χ3n) is 1.16. The van der Waals surface area contributed by atoms with Gasteiger partial charge in [-0.1, -0.05) is 0 Å². The van der Waals surface area contributed by atoms with E-state index in [0.717, 1.165) is 0 Å². The van der Waals surface area contributed by atoms with Crippen LogP contribution in [0, 0.1) is 0 Å². The molecule has 0 amide bonds. The molecule has 0 aromatic carbocycles. The Morgan fingerprint density at radius 1 is 0.714 bits per heavy atom. The maximum atomic E-state index is 10.8. The van der Waals surface area contributed by atoms with Crippen LogP contribution in [0.5, 0.6) is 0 Å². The van der Waals surface area contributed by atoms with Crippen LogP contribution in [-0.4, -0.2) is 40.4 Å². The van der Waals surface area contributed by atoms with Gasteiger partial charge in [-0.3, -0.25) is 0 Å². The molecule has 82 valence electrons. The summed E-state index contributed by atoms with van der Waals surface area (Å²) in [6, 6.07) is 0. The van der Waals surface area contributed by atoms with Crippen LogP contribution in [-0.2, 0) is 37.9 Å².